The van der Waals surface area contributed by atoms with Crippen LogP contribution in [0.15, 0.2) is 24.3 Å². The molecule has 0 radical (unpaired) electrons. The summed E-state index contributed by atoms with van der Waals surface area (Å²) < 4.78 is 5.60. The van der Waals surface area contributed by atoms with Crippen LogP contribution < -0.4 is 20.3 Å². The molecule has 2 atom stereocenters. The summed E-state index contributed by atoms with van der Waals surface area (Å²) in [6, 6.07) is 6.71. The lowest BCUT2D eigenvalue weighted by Crippen LogP contribution is -2.48. The van der Waals surface area contributed by atoms with Gasteiger partial charge in [-0.25, -0.2) is 0 Å². The van der Waals surface area contributed by atoms with Crippen molar-refractivity contribution in [3.8, 4) is 5.75 Å². The van der Waals surface area contributed by atoms with Crippen LogP contribution in [-0.4, -0.2) is 44.0 Å². The number of para-hydroxylation sites is 2. The number of hydrogen-bond acceptors (Lipinski definition) is 4. The monoisotopic (exact) mass is 375 g/mol. The van der Waals surface area contributed by atoms with Gasteiger partial charge in [0.2, 0.25) is 17.7 Å². The van der Waals surface area contributed by atoms with Crippen molar-refractivity contribution in [1.29, 1.82) is 0 Å². The molecule has 0 aliphatic carbocycles. The summed E-state index contributed by atoms with van der Waals surface area (Å²) in [6.45, 7) is 6.64. The second-order valence-corrected chi connectivity index (χ2v) is 7.11. The second kappa shape index (κ2) is 9.39. The van der Waals surface area contributed by atoms with Crippen LogP contribution in [0.1, 0.15) is 33.6 Å². The first-order valence-corrected chi connectivity index (χ1v) is 9.41. The van der Waals surface area contributed by atoms with E-state index in [1.165, 1.54) is 0 Å². The number of rotatable bonds is 8. The van der Waals surface area contributed by atoms with E-state index in [1.807, 2.05) is 45.0 Å². The Kier molecular flexibility index (Phi) is 7.21. The molecule has 0 saturated carbocycles. The zero-order valence-corrected chi connectivity index (χ0v) is 16.5. The third-order valence-corrected chi connectivity index (χ3v) is 4.54. The average molecular weight is 375 g/mol. The molecule has 1 aromatic rings. The van der Waals surface area contributed by atoms with Crippen LogP contribution in [0.4, 0.5) is 5.69 Å². The van der Waals surface area contributed by atoms with Gasteiger partial charge in [-0.15, -0.1) is 0 Å². The predicted octanol–water partition coefficient (Wildman–Crippen LogP) is 1.72. The minimum absolute atomic E-state index is 0.119. The summed E-state index contributed by atoms with van der Waals surface area (Å²) in [7, 11) is 1.55. The van der Waals surface area contributed by atoms with Crippen molar-refractivity contribution in [2.75, 3.05) is 25.1 Å². The highest BCUT2D eigenvalue weighted by Gasteiger charge is 2.37. The number of anilines is 1. The Morgan fingerprint density at radius 2 is 2.00 bits per heavy atom. The number of likely N-dealkylation sites (N-methyl/N-ethyl adjacent to an activating group) is 1. The number of ether oxygens (including phenoxy) is 1. The Bertz CT molecular complexity index is 690. The lowest BCUT2D eigenvalue weighted by molar-refractivity contribution is -0.131. The first-order chi connectivity index (χ1) is 12.9. The summed E-state index contributed by atoms with van der Waals surface area (Å²) in [6.07, 6.45) is 0.664. The number of carbonyl (C=O) groups excluding carboxylic acids is 3. The van der Waals surface area contributed by atoms with Crippen LogP contribution in [-0.2, 0) is 14.4 Å². The molecular formula is C20H29N3O4. The fourth-order valence-electron chi connectivity index (χ4n) is 3.24. The van der Waals surface area contributed by atoms with Crippen LogP contribution in [0, 0.1) is 11.8 Å². The number of nitrogens with zero attached hydrogens (tertiary/aromatic N) is 1. The predicted molar refractivity (Wildman–Crippen MR) is 104 cm³/mol. The topological polar surface area (TPSA) is 87.7 Å². The van der Waals surface area contributed by atoms with Crippen LogP contribution in [0.5, 0.6) is 5.75 Å². The smallest absolute Gasteiger partial charge is 0.242 e. The quantitative estimate of drug-likeness (QED) is 0.724. The van der Waals surface area contributed by atoms with E-state index in [0.717, 1.165) is 0 Å². The molecule has 1 aromatic carbocycles. The Hall–Kier alpha value is -2.57. The summed E-state index contributed by atoms with van der Waals surface area (Å²) in [5.74, 6) is -0.229. The highest BCUT2D eigenvalue weighted by molar-refractivity contribution is 6.01. The first kappa shape index (κ1) is 20.7. The molecule has 0 bridgehead atoms. The van der Waals surface area contributed by atoms with Gasteiger partial charge in [0, 0.05) is 20.0 Å². The van der Waals surface area contributed by atoms with E-state index in [4.69, 9.17) is 4.74 Å². The van der Waals surface area contributed by atoms with Crippen LogP contribution >= 0.6 is 0 Å². The fourth-order valence-corrected chi connectivity index (χ4v) is 3.24. The molecule has 3 amide bonds. The number of amides is 3. The Labute approximate surface area is 160 Å². The van der Waals surface area contributed by atoms with Crippen molar-refractivity contribution in [3.05, 3.63) is 24.3 Å². The Morgan fingerprint density at radius 1 is 1.30 bits per heavy atom. The van der Waals surface area contributed by atoms with Crippen molar-refractivity contribution >= 4 is 23.4 Å². The van der Waals surface area contributed by atoms with Gasteiger partial charge in [-0.3, -0.25) is 14.4 Å². The summed E-state index contributed by atoms with van der Waals surface area (Å²) >= 11 is 0. The summed E-state index contributed by atoms with van der Waals surface area (Å²) in [4.78, 5) is 38.8. The van der Waals surface area contributed by atoms with Crippen molar-refractivity contribution in [3.63, 3.8) is 0 Å². The number of carbonyl (C=O) groups is 3. The van der Waals surface area contributed by atoms with Gasteiger partial charge in [0.1, 0.15) is 11.8 Å². The van der Waals surface area contributed by atoms with E-state index >= 15 is 0 Å². The lowest BCUT2D eigenvalue weighted by Gasteiger charge is -2.22. The zero-order valence-electron chi connectivity index (χ0n) is 16.5. The number of hydrogen-bond donors (Lipinski definition) is 2. The van der Waals surface area contributed by atoms with Gasteiger partial charge >= 0.3 is 0 Å². The van der Waals surface area contributed by atoms with Gasteiger partial charge < -0.3 is 20.3 Å². The SMILES string of the molecule is CCOc1ccccc1N1CC(C(=O)NC(CC(C)C)C(=O)NC)CC1=O. The van der Waals surface area contributed by atoms with Gasteiger partial charge in [-0.1, -0.05) is 26.0 Å². The number of nitrogens with one attached hydrogen (secondary N) is 2. The molecule has 2 rings (SSSR count). The molecule has 1 heterocycles. The van der Waals surface area contributed by atoms with E-state index in [0.29, 0.717) is 24.5 Å². The van der Waals surface area contributed by atoms with E-state index in [9.17, 15) is 14.4 Å². The molecule has 1 aliphatic rings. The van der Waals surface area contributed by atoms with Crippen LogP contribution in [0.2, 0.25) is 0 Å². The molecule has 7 nitrogen and oxygen atoms in total. The molecular weight excluding hydrogens is 346 g/mol. The van der Waals surface area contributed by atoms with Gasteiger partial charge in [0.05, 0.1) is 18.2 Å². The minimum Gasteiger partial charge on any atom is -0.492 e. The van der Waals surface area contributed by atoms with E-state index < -0.39 is 12.0 Å². The fraction of sp³-hybridized carbons (Fsp3) is 0.550. The molecule has 2 unspecified atom stereocenters. The van der Waals surface area contributed by atoms with Crippen molar-refractivity contribution in [1.82, 2.24) is 10.6 Å². The molecule has 1 fully saturated rings. The normalized spacial score (nSPS) is 17.7. The summed E-state index contributed by atoms with van der Waals surface area (Å²) in [5.41, 5.74) is 0.671. The average Bonchev–Trinajstić information content (AvgIpc) is 3.02. The first-order valence-electron chi connectivity index (χ1n) is 9.41. The third kappa shape index (κ3) is 5.21. The lowest BCUT2D eigenvalue weighted by atomic mass is 10.0. The van der Waals surface area contributed by atoms with Gasteiger partial charge in [0.25, 0.3) is 0 Å². The summed E-state index contributed by atoms with van der Waals surface area (Å²) in [5, 5.41) is 5.40. The van der Waals surface area contributed by atoms with Crippen LogP contribution in [0.25, 0.3) is 0 Å². The molecule has 2 N–H and O–H groups in total. The minimum atomic E-state index is -0.595. The van der Waals surface area contributed by atoms with Gasteiger partial charge in [-0.05, 0) is 31.4 Å². The van der Waals surface area contributed by atoms with E-state index in [-0.39, 0.29) is 36.6 Å². The highest BCUT2D eigenvalue weighted by Crippen LogP contribution is 2.33. The molecule has 1 saturated heterocycles. The molecule has 0 spiro atoms. The molecule has 148 valence electrons. The molecule has 1 aliphatic heterocycles. The highest BCUT2D eigenvalue weighted by atomic mass is 16.5. The van der Waals surface area contributed by atoms with Crippen molar-refractivity contribution < 1.29 is 19.1 Å². The zero-order chi connectivity index (χ0) is 20.0. The van der Waals surface area contributed by atoms with Crippen molar-refractivity contribution in [2.24, 2.45) is 11.8 Å². The number of benzene rings is 1. The largest absolute Gasteiger partial charge is 0.492 e. The van der Waals surface area contributed by atoms with Gasteiger partial charge in [0.15, 0.2) is 0 Å². The Balaban J connectivity index is 2.10. The van der Waals surface area contributed by atoms with Crippen molar-refractivity contribution in [2.45, 2.75) is 39.7 Å². The Morgan fingerprint density at radius 3 is 2.63 bits per heavy atom. The third-order valence-electron chi connectivity index (χ3n) is 4.54. The van der Waals surface area contributed by atoms with Gasteiger partial charge in [-0.2, -0.15) is 0 Å². The maximum Gasteiger partial charge on any atom is 0.242 e. The molecule has 27 heavy (non-hydrogen) atoms. The van der Waals surface area contributed by atoms with Crippen LogP contribution in [0.3, 0.4) is 0 Å². The molecule has 7 heteroatoms. The maximum absolute atomic E-state index is 12.7. The van der Waals surface area contributed by atoms with E-state index in [2.05, 4.69) is 10.6 Å². The molecule has 0 aromatic heterocycles. The standard InChI is InChI=1S/C20H29N3O4/c1-5-27-17-9-7-6-8-16(17)23-12-14(11-18(23)24)19(25)22-15(10-13(2)3)20(26)21-4/h6-9,13-15H,5,10-12H2,1-4H3,(H,21,26)(H,22,25). The second-order valence-electron chi connectivity index (χ2n) is 7.11. The maximum atomic E-state index is 12.7. The van der Waals surface area contributed by atoms with E-state index in [1.54, 1.807) is 11.9 Å².